The topological polar surface area (TPSA) is 77.3 Å². The molecule has 5 nitrogen and oxygen atoms in total. The van der Waals surface area contributed by atoms with E-state index < -0.39 is 159 Å². The van der Waals surface area contributed by atoms with Crippen molar-refractivity contribution in [2.24, 2.45) is 0 Å². The van der Waals surface area contributed by atoms with Gasteiger partial charge in [-0.05, 0) is 24.3 Å². The Morgan fingerprint density at radius 1 is 0.439 bits per heavy atom. The van der Waals surface area contributed by atoms with E-state index in [2.05, 4.69) is 0 Å². The minimum Gasteiger partial charge on any atom is -0.289 e. The van der Waals surface area contributed by atoms with E-state index in [4.69, 9.17) is 0 Å². The quantitative estimate of drug-likeness (QED) is 0.0212. The van der Waals surface area contributed by atoms with Gasteiger partial charge in [-0.15, -0.1) is 21.9 Å². The van der Waals surface area contributed by atoms with Crippen LogP contribution in [0.5, 0.6) is 0 Å². The number of halogens is 20. The second kappa shape index (κ2) is 18.2. The lowest BCUT2D eigenvalue weighted by Crippen LogP contribution is -2.81. The third-order valence-electron chi connectivity index (χ3n) is 9.76. The fourth-order valence-electron chi connectivity index (χ4n) is 6.77. The van der Waals surface area contributed by atoms with Crippen LogP contribution in [0.25, 0.3) is 0 Å². The molecule has 0 spiro atoms. The number of nitrogens with zero attached hydrogens (tertiary/aromatic N) is 1. The molecule has 6 rings (SSSR count). The first-order chi connectivity index (χ1) is 30.6. The van der Waals surface area contributed by atoms with Gasteiger partial charge in [0, 0.05) is 17.7 Å². The van der Waals surface area contributed by atoms with Crippen LogP contribution in [0.15, 0.2) is 59.5 Å². The maximum atomic E-state index is 15.4. The molecule has 6 aromatic rings. The molecule has 0 aliphatic carbocycles. The van der Waals surface area contributed by atoms with E-state index in [1.54, 1.807) is 30.5 Å². The van der Waals surface area contributed by atoms with Crippen LogP contribution in [0.3, 0.4) is 0 Å². The van der Waals surface area contributed by atoms with Gasteiger partial charge in [-0.3, -0.25) is 14.9 Å². The Morgan fingerprint density at radius 3 is 0.924 bits per heavy atom. The molecule has 0 amide bonds. The van der Waals surface area contributed by atoms with Gasteiger partial charge in [0.15, 0.2) is 80.5 Å². The van der Waals surface area contributed by atoms with Crippen molar-refractivity contribution in [3.8, 4) is 0 Å². The van der Waals surface area contributed by atoms with E-state index in [0.717, 1.165) is 0 Å². The molecule has 27 heteroatoms. The summed E-state index contributed by atoms with van der Waals surface area (Å²) < 4.78 is 307. The van der Waals surface area contributed by atoms with Gasteiger partial charge in [-0.1, -0.05) is 22.4 Å². The van der Waals surface area contributed by atoms with Crippen molar-refractivity contribution in [1.29, 1.82) is 0 Å². The van der Waals surface area contributed by atoms with Crippen LogP contribution in [0, 0.1) is 126 Å². The SMILES string of the molecule is C[S+](=O)(CC(=O)c1ccc([N+](=O)[O-])cc1)c1ccccc1.Fc1c(F)c(F)c([B-](c2c(F)c(F)c(F)c(F)c2F)(c2c(F)c(F)c(F)c(F)c2F)c2c(F)c(F)c(F)c(F)c2F)c(F)c1F. The van der Waals surface area contributed by atoms with Crippen LogP contribution >= 0.6 is 0 Å². The highest BCUT2D eigenvalue weighted by atomic mass is 32.2. The lowest BCUT2D eigenvalue weighted by molar-refractivity contribution is -0.384. The summed E-state index contributed by atoms with van der Waals surface area (Å²) in [5.41, 5.74) is -14.1. The molecule has 0 radical (unpaired) electrons. The molecule has 1 atom stereocenters. The van der Waals surface area contributed by atoms with Crippen LogP contribution in [0.1, 0.15) is 10.4 Å². The molecule has 0 heterocycles. The normalized spacial score (nSPS) is 12.4. The number of carbonyl (C=O) groups is 1. The van der Waals surface area contributed by atoms with Gasteiger partial charge in [0.2, 0.25) is 5.78 Å². The number of rotatable bonds is 9. The number of nitro groups is 1. The second-order valence-electron chi connectivity index (χ2n) is 13.5. The molecule has 0 fully saturated rings. The number of Topliss-reactive ketones (excluding diaryl/α,β-unsaturated/α-hetero) is 1. The van der Waals surface area contributed by atoms with E-state index in [1.165, 1.54) is 24.3 Å². The highest BCUT2D eigenvalue weighted by Crippen LogP contribution is 2.31. The van der Waals surface area contributed by atoms with Crippen molar-refractivity contribution in [2.75, 3.05) is 12.0 Å². The minimum absolute atomic E-state index is 0.0770. The van der Waals surface area contributed by atoms with Crippen LogP contribution in [-0.4, -0.2) is 28.9 Å². The van der Waals surface area contributed by atoms with Crippen molar-refractivity contribution < 1.29 is 102 Å². The Morgan fingerprint density at radius 2 is 0.682 bits per heavy atom. The standard InChI is InChI=1S/C24BF20.C15H14NO4S/c26-5-1(6(27)14(35)21(42)13(5)34)25(2-7(28)15(36)22(43)16(37)8(2)29,3-9(30)17(38)23(44)18(39)10(3)31)4-11(32)19(40)24(45)20(41)12(4)33;1-21(20,14-5-3-2-4-6-14)11-15(17)12-7-9-13(10-8-12)16(18)19/h;2-10H,11H2,1H3/q-1;+1. The van der Waals surface area contributed by atoms with Gasteiger partial charge < -0.3 is 0 Å². The first-order valence-electron chi connectivity index (χ1n) is 17.1. The van der Waals surface area contributed by atoms with Crippen LogP contribution in [-0.2, 0) is 14.1 Å². The van der Waals surface area contributed by atoms with Gasteiger partial charge in [0.05, 0.1) is 4.92 Å². The molecule has 66 heavy (non-hydrogen) atoms. The Bertz CT molecular complexity index is 2670. The van der Waals surface area contributed by atoms with Gasteiger partial charge in [-0.25, -0.2) is 87.8 Å². The number of benzene rings is 6. The highest BCUT2D eigenvalue weighted by Gasteiger charge is 2.52. The second-order valence-corrected chi connectivity index (χ2v) is 16.3. The van der Waals surface area contributed by atoms with Crippen LogP contribution < -0.4 is 21.9 Å². The molecule has 0 aliphatic rings. The Balaban J connectivity index is 0.000000324. The molecule has 6 aromatic carbocycles. The third-order valence-corrected chi connectivity index (χ3v) is 11.8. The van der Waals surface area contributed by atoms with Crippen molar-refractivity contribution in [1.82, 2.24) is 0 Å². The summed E-state index contributed by atoms with van der Waals surface area (Å²) in [7, 11) is -2.47. The predicted octanol–water partition coefficient (Wildman–Crippen LogP) is 8.81. The lowest BCUT2D eigenvalue weighted by Gasteiger charge is -2.44. The predicted molar refractivity (Wildman–Crippen MR) is 190 cm³/mol. The van der Waals surface area contributed by atoms with Gasteiger partial charge in [0.25, 0.3) is 5.69 Å². The van der Waals surface area contributed by atoms with Crippen molar-refractivity contribution in [3.05, 3.63) is 187 Å². The zero-order valence-corrected chi connectivity index (χ0v) is 32.3. The Hall–Kier alpha value is -6.80. The molecule has 0 aliphatic heterocycles. The van der Waals surface area contributed by atoms with Crippen LogP contribution in [0.4, 0.5) is 93.5 Å². The molecule has 1 unspecified atom stereocenters. The molecule has 0 N–H and O–H groups in total. The van der Waals surface area contributed by atoms with Crippen LogP contribution in [0.2, 0.25) is 0 Å². The zero-order chi connectivity index (χ0) is 49.8. The zero-order valence-electron chi connectivity index (χ0n) is 31.5. The highest BCUT2D eigenvalue weighted by molar-refractivity contribution is 8.03. The number of carbonyl (C=O) groups excluding carboxylic acids is 1. The first-order valence-corrected chi connectivity index (χ1v) is 19.3. The first kappa shape index (κ1) is 50.2. The summed E-state index contributed by atoms with van der Waals surface area (Å²) in [5, 5.41) is 10.6. The number of ketones is 1. The van der Waals surface area contributed by atoms with E-state index >= 15 is 35.1 Å². The number of non-ortho nitro benzene ring substituents is 1. The average molecular weight is 983 g/mol. The average Bonchev–Trinajstić information content (AvgIpc) is 3.29. The van der Waals surface area contributed by atoms with Crippen molar-refractivity contribution in [2.45, 2.75) is 4.90 Å². The smallest absolute Gasteiger partial charge is 0.269 e. The molecule has 0 bridgehead atoms. The summed E-state index contributed by atoms with van der Waals surface area (Å²) in [5.74, 6) is -71.8. The van der Waals surface area contributed by atoms with Crippen molar-refractivity contribution >= 4 is 49.4 Å². The third kappa shape index (κ3) is 8.01. The molecular formula is C39H14BF20NO4S. The minimum atomic E-state index is -7.22. The van der Waals surface area contributed by atoms with Crippen molar-refractivity contribution in [3.63, 3.8) is 0 Å². The fourth-order valence-corrected chi connectivity index (χ4v) is 8.33. The Kier molecular flexibility index (Phi) is 13.9. The number of nitro benzene ring substituents is 1. The lowest BCUT2D eigenvalue weighted by atomic mass is 9.12. The number of hydrogen-bond donors (Lipinski definition) is 0. The molecule has 348 valence electrons. The summed E-state index contributed by atoms with van der Waals surface area (Å²) in [6.45, 7) is 0. The molecular weight excluding hydrogens is 969 g/mol. The number of hydrogen-bond acceptors (Lipinski definition) is 4. The largest absolute Gasteiger partial charge is 0.289 e. The summed E-state index contributed by atoms with van der Waals surface area (Å²) in [6, 6.07) is 14.1. The van der Waals surface area contributed by atoms with E-state index in [-0.39, 0.29) is 17.2 Å². The van der Waals surface area contributed by atoms with E-state index in [0.29, 0.717) is 10.5 Å². The van der Waals surface area contributed by atoms with Gasteiger partial charge in [-0.2, -0.15) is 0 Å². The Labute approximate surface area is 354 Å². The maximum absolute atomic E-state index is 15.4. The summed E-state index contributed by atoms with van der Waals surface area (Å²) >= 11 is 0. The molecule has 0 saturated carbocycles. The maximum Gasteiger partial charge on any atom is 0.269 e. The molecule has 0 saturated heterocycles. The van der Waals surface area contributed by atoms with E-state index in [9.17, 15) is 71.8 Å². The molecule has 0 aromatic heterocycles. The van der Waals surface area contributed by atoms with E-state index in [1.807, 2.05) is 6.07 Å². The fraction of sp³-hybridized carbons (Fsp3) is 0.0513. The summed E-state index contributed by atoms with van der Waals surface area (Å²) in [4.78, 5) is 22.8. The summed E-state index contributed by atoms with van der Waals surface area (Å²) in [6.07, 6.45) is -5.67. The monoisotopic (exact) mass is 983 g/mol. The van der Waals surface area contributed by atoms with Gasteiger partial charge >= 0.3 is 0 Å². The van der Waals surface area contributed by atoms with Gasteiger partial charge in [0.1, 0.15) is 68.9 Å².